The molecule has 1 aromatic rings. The standard InChI is InChI=1S/C18H27N3O4/c1-12(2)16(20-17(22)15-4-3-8-25-15)18(23)19-10-14-11-21(7-9-24-14)13-5-6-13/h3-4,8,12-14,16H,5-7,9-11H2,1-2H3,(H,19,23)(H,20,22)/t14-,16+/m0/s1. The molecule has 0 spiro atoms. The number of hydrogen-bond acceptors (Lipinski definition) is 5. The number of morpholine rings is 1. The molecule has 1 saturated heterocycles. The van der Waals surface area contributed by atoms with E-state index < -0.39 is 6.04 Å². The normalized spacial score (nSPS) is 22.6. The Morgan fingerprint density at radius 3 is 2.80 bits per heavy atom. The minimum absolute atomic E-state index is 0.00638. The van der Waals surface area contributed by atoms with Crippen molar-refractivity contribution in [3.8, 4) is 0 Å². The molecule has 3 rings (SSSR count). The number of ether oxygens (including phenoxy) is 1. The third kappa shape index (κ3) is 4.83. The van der Waals surface area contributed by atoms with Gasteiger partial charge in [0.25, 0.3) is 5.91 Å². The lowest BCUT2D eigenvalue weighted by atomic mass is 10.0. The first kappa shape index (κ1) is 17.9. The Bertz CT molecular complexity index is 583. The fraction of sp³-hybridized carbons (Fsp3) is 0.667. The fourth-order valence-electron chi connectivity index (χ4n) is 3.12. The van der Waals surface area contributed by atoms with E-state index in [2.05, 4.69) is 15.5 Å². The topological polar surface area (TPSA) is 83.8 Å². The molecule has 1 aliphatic heterocycles. The van der Waals surface area contributed by atoms with Crippen LogP contribution < -0.4 is 10.6 Å². The Morgan fingerprint density at radius 2 is 2.16 bits per heavy atom. The smallest absolute Gasteiger partial charge is 0.287 e. The van der Waals surface area contributed by atoms with Gasteiger partial charge in [-0.3, -0.25) is 14.5 Å². The quantitative estimate of drug-likeness (QED) is 0.768. The Balaban J connectivity index is 1.49. The highest BCUT2D eigenvalue weighted by molar-refractivity contribution is 5.95. The van der Waals surface area contributed by atoms with Gasteiger partial charge in [-0.05, 0) is 30.9 Å². The molecule has 0 radical (unpaired) electrons. The second-order valence-electron chi connectivity index (χ2n) is 7.14. The van der Waals surface area contributed by atoms with Crippen LogP contribution in [0.15, 0.2) is 22.8 Å². The zero-order chi connectivity index (χ0) is 17.8. The molecule has 2 atom stereocenters. The van der Waals surface area contributed by atoms with Gasteiger partial charge in [-0.2, -0.15) is 0 Å². The van der Waals surface area contributed by atoms with Crippen molar-refractivity contribution in [2.24, 2.45) is 5.92 Å². The zero-order valence-corrected chi connectivity index (χ0v) is 14.9. The average molecular weight is 349 g/mol. The molecule has 7 nitrogen and oxygen atoms in total. The molecule has 7 heteroatoms. The van der Waals surface area contributed by atoms with E-state index in [4.69, 9.17) is 9.15 Å². The van der Waals surface area contributed by atoms with Crippen molar-refractivity contribution in [2.75, 3.05) is 26.2 Å². The first-order valence-electron chi connectivity index (χ1n) is 9.02. The summed E-state index contributed by atoms with van der Waals surface area (Å²) in [6, 6.07) is 3.32. The lowest BCUT2D eigenvalue weighted by Gasteiger charge is -2.33. The monoisotopic (exact) mass is 349 g/mol. The Hall–Kier alpha value is -1.86. The summed E-state index contributed by atoms with van der Waals surface area (Å²) in [6.07, 6.45) is 3.98. The Kier molecular flexibility index (Phi) is 5.75. The highest BCUT2D eigenvalue weighted by Crippen LogP contribution is 2.28. The second kappa shape index (κ2) is 8.01. The molecule has 0 bridgehead atoms. The van der Waals surface area contributed by atoms with E-state index in [1.54, 1.807) is 12.1 Å². The van der Waals surface area contributed by atoms with Gasteiger partial charge in [-0.1, -0.05) is 13.8 Å². The number of nitrogens with zero attached hydrogens (tertiary/aromatic N) is 1. The molecule has 1 saturated carbocycles. The number of rotatable bonds is 7. The zero-order valence-electron chi connectivity index (χ0n) is 14.9. The van der Waals surface area contributed by atoms with Crippen molar-refractivity contribution in [2.45, 2.75) is 44.9 Å². The van der Waals surface area contributed by atoms with Crippen LogP contribution in [0.2, 0.25) is 0 Å². The molecular formula is C18H27N3O4. The van der Waals surface area contributed by atoms with Crippen LogP contribution in [0.1, 0.15) is 37.2 Å². The van der Waals surface area contributed by atoms with Crippen molar-refractivity contribution in [3.63, 3.8) is 0 Å². The SMILES string of the molecule is CC(C)[C@@H](NC(=O)c1ccco1)C(=O)NC[C@H]1CN(C2CC2)CCO1. The Labute approximate surface area is 148 Å². The van der Waals surface area contributed by atoms with Crippen LogP contribution in [0.3, 0.4) is 0 Å². The van der Waals surface area contributed by atoms with Crippen molar-refractivity contribution in [1.29, 1.82) is 0 Å². The average Bonchev–Trinajstić information content (AvgIpc) is 3.31. The van der Waals surface area contributed by atoms with Gasteiger partial charge >= 0.3 is 0 Å². The van der Waals surface area contributed by atoms with Gasteiger partial charge in [0.15, 0.2) is 5.76 Å². The third-order valence-electron chi connectivity index (χ3n) is 4.72. The predicted molar refractivity (Wildman–Crippen MR) is 92.1 cm³/mol. The molecule has 25 heavy (non-hydrogen) atoms. The maximum atomic E-state index is 12.5. The van der Waals surface area contributed by atoms with Crippen molar-refractivity contribution in [3.05, 3.63) is 24.2 Å². The van der Waals surface area contributed by atoms with E-state index >= 15 is 0 Å². The fourth-order valence-corrected chi connectivity index (χ4v) is 3.12. The van der Waals surface area contributed by atoms with Crippen molar-refractivity contribution < 1.29 is 18.7 Å². The van der Waals surface area contributed by atoms with Crippen LogP contribution in [0.4, 0.5) is 0 Å². The maximum absolute atomic E-state index is 12.5. The van der Waals surface area contributed by atoms with E-state index in [1.807, 2.05) is 13.8 Å². The molecule has 2 heterocycles. The molecular weight excluding hydrogens is 322 g/mol. The number of furan rings is 1. The summed E-state index contributed by atoms with van der Waals surface area (Å²) in [5, 5.41) is 5.68. The molecule has 138 valence electrons. The summed E-state index contributed by atoms with van der Waals surface area (Å²) >= 11 is 0. The minimum Gasteiger partial charge on any atom is -0.459 e. The number of hydrogen-bond donors (Lipinski definition) is 2. The maximum Gasteiger partial charge on any atom is 0.287 e. The van der Waals surface area contributed by atoms with Gasteiger partial charge in [-0.15, -0.1) is 0 Å². The largest absolute Gasteiger partial charge is 0.459 e. The van der Waals surface area contributed by atoms with E-state index in [0.29, 0.717) is 19.2 Å². The van der Waals surface area contributed by atoms with E-state index in [9.17, 15) is 9.59 Å². The van der Waals surface area contributed by atoms with Gasteiger partial charge in [0.1, 0.15) is 6.04 Å². The van der Waals surface area contributed by atoms with Gasteiger partial charge < -0.3 is 19.8 Å². The van der Waals surface area contributed by atoms with E-state index in [0.717, 1.165) is 13.1 Å². The molecule has 1 aliphatic carbocycles. The first-order chi connectivity index (χ1) is 12.0. The lowest BCUT2D eigenvalue weighted by Crippen LogP contribution is -2.53. The molecule has 1 aromatic heterocycles. The van der Waals surface area contributed by atoms with Gasteiger partial charge in [-0.25, -0.2) is 0 Å². The van der Waals surface area contributed by atoms with Gasteiger partial charge in [0, 0.05) is 25.7 Å². The Morgan fingerprint density at radius 1 is 1.36 bits per heavy atom. The summed E-state index contributed by atoms with van der Waals surface area (Å²) in [7, 11) is 0. The molecule has 0 unspecified atom stereocenters. The van der Waals surface area contributed by atoms with Crippen LogP contribution in [-0.4, -0.2) is 61.1 Å². The summed E-state index contributed by atoms with van der Waals surface area (Å²) in [6.45, 7) is 6.80. The summed E-state index contributed by atoms with van der Waals surface area (Å²) < 4.78 is 10.8. The molecule has 2 aliphatic rings. The van der Waals surface area contributed by atoms with Crippen molar-refractivity contribution >= 4 is 11.8 Å². The van der Waals surface area contributed by atoms with Crippen LogP contribution in [0.5, 0.6) is 0 Å². The third-order valence-corrected chi connectivity index (χ3v) is 4.72. The van der Waals surface area contributed by atoms with Gasteiger partial charge in [0.05, 0.1) is 19.0 Å². The van der Waals surface area contributed by atoms with E-state index in [1.165, 1.54) is 19.1 Å². The molecule has 2 amide bonds. The summed E-state index contributed by atoms with van der Waals surface area (Å²) in [4.78, 5) is 27.1. The lowest BCUT2D eigenvalue weighted by molar-refractivity contribution is -0.125. The predicted octanol–water partition coefficient (Wildman–Crippen LogP) is 1.01. The van der Waals surface area contributed by atoms with Gasteiger partial charge in [0.2, 0.25) is 5.91 Å². The van der Waals surface area contributed by atoms with Crippen LogP contribution in [0.25, 0.3) is 0 Å². The van der Waals surface area contributed by atoms with E-state index in [-0.39, 0.29) is 29.6 Å². The second-order valence-corrected chi connectivity index (χ2v) is 7.14. The first-order valence-corrected chi connectivity index (χ1v) is 9.02. The highest BCUT2D eigenvalue weighted by Gasteiger charge is 2.33. The number of amides is 2. The minimum atomic E-state index is -0.610. The number of nitrogens with one attached hydrogen (secondary N) is 2. The molecule has 0 aromatic carbocycles. The summed E-state index contributed by atoms with van der Waals surface area (Å²) in [5.74, 6) is -0.405. The number of carbonyl (C=O) groups excluding carboxylic acids is 2. The molecule has 2 fully saturated rings. The number of carbonyl (C=O) groups is 2. The van der Waals surface area contributed by atoms with Crippen LogP contribution >= 0.6 is 0 Å². The molecule has 2 N–H and O–H groups in total. The summed E-state index contributed by atoms with van der Waals surface area (Å²) in [5.41, 5.74) is 0. The van der Waals surface area contributed by atoms with Crippen LogP contribution in [0, 0.1) is 5.92 Å². The van der Waals surface area contributed by atoms with Crippen LogP contribution in [-0.2, 0) is 9.53 Å². The van der Waals surface area contributed by atoms with Crippen molar-refractivity contribution in [1.82, 2.24) is 15.5 Å². The highest BCUT2D eigenvalue weighted by atomic mass is 16.5.